The van der Waals surface area contributed by atoms with Gasteiger partial charge in [0.1, 0.15) is 0 Å². The van der Waals surface area contributed by atoms with Crippen LogP contribution in [0.15, 0.2) is 40.5 Å². The van der Waals surface area contributed by atoms with Crippen molar-refractivity contribution < 1.29 is 37.4 Å². The molecule has 3 rings (SSSR count). The predicted molar refractivity (Wildman–Crippen MR) is 117 cm³/mol. The summed E-state index contributed by atoms with van der Waals surface area (Å²) in [4.78, 5) is 21.9. The molecule has 1 amide bonds. The number of rotatable bonds is 11. The molecule has 2 heterocycles. The van der Waals surface area contributed by atoms with E-state index in [2.05, 4.69) is 15.5 Å². The summed E-state index contributed by atoms with van der Waals surface area (Å²) in [5.41, 5.74) is 0.0855. The molecular formula is C19H23FN4O7S2. The van der Waals surface area contributed by atoms with Crippen molar-refractivity contribution in [2.24, 2.45) is 5.16 Å². The first-order valence-corrected chi connectivity index (χ1v) is 12.2. The molecule has 1 aromatic heterocycles. The van der Waals surface area contributed by atoms with Crippen LogP contribution < -0.4 is 5.32 Å². The molecule has 1 atom stereocenters. The zero-order chi connectivity index (χ0) is 23.8. The lowest BCUT2D eigenvalue weighted by Crippen LogP contribution is -2.35. The van der Waals surface area contributed by atoms with Gasteiger partial charge in [-0.1, -0.05) is 28.6 Å². The van der Waals surface area contributed by atoms with Gasteiger partial charge < -0.3 is 19.8 Å². The van der Waals surface area contributed by atoms with Gasteiger partial charge in [-0.05, 0) is 12.1 Å². The minimum Gasteiger partial charge on any atom is -0.395 e. The summed E-state index contributed by atoms with van der Waals surface area (Å²) in [6.45, 7) is -0.353. The number of sulfonamides is 1. The van der Waals surface area contributed by atoms with Crippen LogP contribution >= 0.6 is 11.3 Å². The number of thiazole rings is 1. The van der Waals surface area contributed by atoms with Gasteiger partial charge in [0.05, 0.1) is 37.5 Å². The van der Waals surface area contributed by atoms with Gasteiger partial charge in [0.25, 0.3) is 5.91 Å². The summed E-state index contributed by atoms with van der Waals surface area (Å²) < 4.78 is 45.0. The van der Waals surface area contributed by atoms with Crippen LogP contribution in [-0.2, 0) is 24.4 Å². The maximum atomic E-state index is 13.2. The fourth-order valence-corrected chi connectivity index (χ4v) is 4.89. The van der Waals surface area contributed by atoms with Gasteiger partial charge in [-0.15, -0.1) is 0 Å². The number of halogens is 1. The van der Waals surface area contributed by atoms with Gasteiger partial charge in [0, 0.05) is 25.1 Å². The Hall–Kier alpha value is -2.49. The summed E-state index contributed by atoms with van der Waals surface area (Å²) in [6.07, 6.45) is 1.22. The fraction of sp³-hybridized carbons (Fsp3) is 0.421. The number of nitrogens with one attached hydrogen (secondary N) is 1. The Morgan fingerprint density at radius 2 is 2.00 bits per heavy atom. The number of hydrogen-bond donors (Lipinski definition) is 3. The average Bonchev–Trinajstić information content (AvgIpc) is 3.46. The van der Waals surface area contributed by atoms with E-state index in [1.54, 1.807) is 0 Å². The Morgan fingerprint density at radius 3 is 2.55 bits per heavy atom. The smallest absolute Gasteiger partial charge is 0.280 e. The molecule has 1 aromatic carbocycles. The second-order valence-electron chi connectivity index (χ2n) is 6.83. The summed E-state index contributed by atoms with van der Waals surface area (Å²) in [7, 11) is -3.98. The highest BCUT2D eigenvalue weighted by Gasteiger charge is 2.25. The molecular weight excluding hydrogens is 479 g/mol. The number of carbonyl (C=O) groups excluding carboxylic acids is 1. The van der Waals surface area contributed by atoms with Gasteiger partial charge in [-0.2, -0.15) is 8.70 Å². The van der Waals surface area contributed by atoms with Crippen LogP contribution in [0.5, 0.6) is 0 Å². The second-order valence-corrected chi connectivity index (χ2v) is 9.75. The highest BCUT2D eigenvalue weighted by Crippen LogP contribution is 2.19. The van der Waals surface area contributed by atoms with Crippen LogP contribution in [0.1, 0.15) is 12.0 Å². The highest BCUT2D eigenvalue weighted by molar-refractivity contribution is 7.89. The van der Waals surface area contributed by atoms with E-state index in [1.165, 1.54) is 24.3 Å². The number of oxime groups is 1. The molecule has 180 valence electrons. The number of benzene rings is 1. The number of aromatic nitrogens is 1. The molecule has 0 bridgehead atoms. The molecule has 1 aliphatic heterocycles. The summed E-state index contributed by atoms with van der Waals surface area (Å²) in [5.74, 6) is -0.721. The van der Waals surface area contributed by atoms with Crippen molar-refractivity contribution in [2.75, 3.05) is 44.8 Å². The van der Waals surface area contributed by atoms with E-state index >= 15 is 0 Å². The second kappa shape index (κ2) is 11.6. The summed E-state index contributed by atoms with van der Waals surface area (Å²) in [5, 5.41) is 24.1. The third-order valence-corrected chi connectivity index (χ3v) is 7.17. The van der Waals surface area contributed by atoms with Gasteiger partial charge in [0.15, 0.2) is 22.1 Å². The molecule has 33 heavy (non-hydrogen) atoms. The van der Waals surface area contributed by atoms with Crippen LogP contribution in [0, 0.1) is 5.13 Å². The molecule has 0 aliphatic carbocycles. The maximum absolute atomic E-state index is 13.2. The maximum Gasteiger partial charge on any atom is 0.280 e. The third-order valence-electron chi connectivity index (χ3n) is 4.56. The van der Waals surface area contributed by atoms with Gasteiger partial charge in [0.2, 0.25) is 10.0 Å². The number of nitrogens with zero attached hydrogens (tertiary/aromatic N) is 3. The normalized spacial score (nSPS) is 16.8. The lowest BCUT2D eigenvalue weighted by atomic mass is 10.1. The largest absolute Gasteiger partial charge is 0.395 e. The molecule has 0 unspecified atom stereocenters. The van der Waals surface area contributed by atoms with Crippen molar-refractivity contribution >= 4 is 38.1 Å². The Labute approximate surface area is 193 Å². The van der Waals surface area contributed by atoms with E-state index in [4.69, 9.17) is 19.8 Å². The third kappa shape index (κ3) is 6.52. The molecule has 1 saturated heterocycles. The number of ether oxygens (including phenoxy) is 1. The Bertz CT molecular complexity index is 1060. The van der Waals surface area contributed by atoms with E-state index < -0.39 is 34.3 Å². The monoisotopic (exact) mass is 502 g/mol. The minimum atomic E-state index is -3.98. The first-order valence-electron chi connectivity index (χ1n) is 9.91. The Kier molecular flexibility index (Phi) is 8.82. The number of amides is 1. The molecule has 1 fully saturated rings. The van der Waals surface area contributed by atoms with Crippen molar-refractivity contribution in [2.45, 2.75) is 17.4 Å². The van der Waals surface area contributed by atoms with Crippen LogP contribution in [0.3, 0.4) is 0 Å². The van der Waals surface area contributed by atoms with Crippen molar-refractivity contribution in [1.29, 1.82) is 0 Å². The van der Waals surface area contributed by atoms with Gasteiger partial charge in [-0.3, -0.25) is 10.1 Å². The molecule has 11 nitrogen and oxygen atoms in total. The molecule has 0 spiro atoms. The van der Waals surface area contributed by atoms with Crippen LogP contribution in [0.2, 0.25) is 0 Å². The molecule has 3 N–H and O–H groups in total. The van der Waals surface area contributed by atoms with Gasteiger partial charge >= 0.3 is 0 Å². The number of hydrogen-bond acceptors (Lipinski definition) is 10. The SMILES string of the molecule is O=C(Nc1ncc(F)s1)/C(=N/O[C@@H]1CCOC1)c1ccc(S(=O)(=O)N(CCO)CCO)cc1. The zero-order valence-corrected chi connectivity index (χ0v) is 19.0. The van der Waals surface area contributed by atoms with Crippen LogP contribution in [0.25, 0.3) is 0 Å². The first-order chi connectivity index (χ1) is 15.8. The van der Waals surface area contributed by atoms with Crippen molar-refractivity contribution in [1.82, 2.24) is 9.29 Å². The Morgan fingerprint density at radius 1 is 1.30 bits per heavy atom. The average molecular weight is 503 g/mol. The predicted octanol–water partition coefficient (Wildman–Crippen LogP) is 0.406. The van der Waals surface area contributed by atoms with E-state index in [-0.39, 0.29) is 40.5 Å². The number of anilines is 1. The fourth-order valence-electron chi connectivity index (χ4n) is 2.93. The minimum absolute atomic E-state index is 0.0252. The lowest BCUT2D eigenvalue weighted by Gasteiger charge is -2.20. The lowest BCUT2D eigenvalue weighted by molar-refractivity contribution is -0.110. The van der Waals surface area contributed by atoms with E-state index in [0.717, 1.165) is 10.5 Å². The van der Waals surface area contributed by atoms with Crippen LogP contribution in [-0.4, -0.2) is 85.2 Å². The van der Waals surface area contributed by atoms with Crippen molar-refractivity contribution in [3.63, 3.8) is 0 Å². The Balaban J connectivity index is 1.86. The summed E-state index contributed by atoms with van der Waals surface area (Å²) in [6, 6.07) is 5.30. The summed E-state index contributed by atoms with van der Waals surface area (Å²) >= 11 is 0.639. The van der Waals surface area contributed by atoms with E-state index in [0.29, 0.717) is 31.0 Å². The quantitative estimate of drug-likeness (QED) is 0.295. The zero-order valence-electron chi connectivity index (χ0n) is 17.4. The molecule has 1 aliphatic rings. The highest BCUT2D eigenvalue weighted by atomic mass is 32.2. The molecule has 0 radical (unpaired) electrons. The molecule has 2 aromatic rings. The van der Waals surface area contributed by atoms with Crippen LogP contribution in [0.4, 0.5) is 9.52 Å². The van der Waals surface area contributed by atoms with Crippen molar-refractivity contribution in [3.8, 4) is 0 Å². The van der Waals surface area contributed by atoms with Crippen molar-refractivity contribution in [3.05, 3.63) is 41.2 Å². The number of aliphatic hydroxyl groups is 2. The number of carbonyl (C=O) groups is 1. The van der Waals surface area contributed by atoms with E-state index in [9.17, 15) is 17.6 Å². The first kappa shape index (κ1) is 25.1. The van der Waals surface area contributed by atoms with E-state index in [1.807, 2.05) is 0 Å². The molecule has 14 heteroatoms. The standard InChI is InChI=1S/C19H23FN4O7S2/c20-16-11-21-19(32-16)22-18(27)17(23-31-14-5-10-30-12-14)13-1-3-15(4-2-13)33(28,29)24(6-8-25)7-9-26/h1-4,11,14,25-26H,5-10,12H2,(H,21,22,27)/b23-17+/t14-/m1/s1. The molecule has 0 saturated carbocycles. The topological polar surface area (TPSA) is 151 Å². The number of aliphatic hydroxyl groups excluding tert-OH is 2. The van der Waals surface area contributed by atoms with Gasteiger partial charge in [-0.25, -0.2) is 13.4 Å².